The second-order valence-corrected chi connectivity index (χ2v) is 7.05. The summed E-state index contributed by atoms with van der Waals surface area (Å²) >= 11 is 3.80. The minimum atomic E-state index is -0.0118. The summed E-state index contributed by atoms with van der Waals surface area (Å²) in [6, 6.07) is 10.2. The molecule has 0 bridgehead atoms. The molecule has 2 rings (SSSR count). The highest BCUT2D eigenvalue weighted by Crippen LogP contribution is 2.18. The summed E-state index contributed by atoms with van der Waals surface area (Å²) in [6.07, 6.45) is 0. The summed E-state index contributed by atoms with van der Waals surface area (Å²) in [7, 11) is 0. The third kappa shape index (κ3) is 3.32. The average molecular weight is 371 g/mol. The van der Waals surface area contributed by atoms with E-state index in [1.165, 1.54) is 5.56 Å². The van der Waals surface area contributed by atoms with Gasteiger partial charge < -0.3 is 5.32 Å². The fourth-order valence-corrected chi connectivity index (χ4v) is 2.97. The van der Waals surface area contributed by atoms with Crippen molar-refractivity contribution in [2.75, 3.05) is 0 Å². The molecule has 2 nitrogen and oxygen atoms in total. The lowest BCUT2D eigenvalue weighted by atomic mass is 10.1. The van der Waals surface area contributed by atoms with Gasteiger partial charge >= 0.3 is 0 Å². The molecule has 1 aromatic heterocycles. The SMILES string of the molecule is Cc1ccc(C(C)NC(=O)c2csc(I)c2)cc1. The number of aryl methyl sites for hydroxylation is 1. The zero-order valence-corrected chi connectivity index (χ0v) is 13.2. The minimum Gasteiger partial charge on any atom is -0.345 e. The number of halogens is 1. The maximum atomic E-state index is 12.0. The second-order valence-electron chi connectivity index (χ2n) is 4.25. The number of carbonyl (C=O) groups is 1. The first-order valence-electron chi connectivity index (χ1n) is 5.68. The third-order valence-electron chi connectivity index (χ3n) is 2.75. The largest absolute Gasteiger partial charge is 0.345 e. The van der Waals surface area contributed by atoms with Crippen LogP contribution in [0.2, 0.25) is 0 Å². The maximum absolute atomic E-state index is 12.0. The second kappa shape index (κ2) is 5.84. The molecule has 1 atom stereocenters. The normalized spacial score (nSPS) is 12.2. The van der Waals surface area contributed by atoms with Crippen molar-refractivity contribution in [3.8, 4) is 0 Å². The molecule has 0 saturated carbocycles. The van der Waals surface area contributed by atoms with Gasteiger partial charge in [-0.2, -0.15) is 0 Å². The summed E-state index contributed by atoms with van der Waals surface area (Å²) in [4.78, 5) is 12.0. The molecule has 1 aromatic carbocycles. The van der Waals surface area contributed by atoms with Gasteiger partial charge in [-0.05, 0) is 48.1 Å². The fourth-order valence-electron chi connectivity index (χ4n) is 1.65. The molecule has 1 unspecified atom stereocenters. The summed E-state index contributed by atoms with van der Waals surface area (Å²) < 4.78 is 1.13. The van der Waals surface area contributed by atoms with E-state index in [1.807, 2.05) is 18.4 Å². The minimum absolute atomic E-state index is 0.0118. The van der Waals surface area contributed by atoms with Crippen LogP contribution in [0.4, 0.5) is 0 Å². The molecule has 0 fully saturated rings. The van der Waals surface area contributed by atoms with E-state index in [0.717, 1.165) is 14.0 Å². The van der Waals surface area contributed by atoms with Crippen molar-refractivity contribution in [1.82, 2.24) is 5.32 Å². The van der Waals surface area contributed by atoms with E-state index in [9.17, 15) is 4.79 Å². The molecule has 94 valence electrons. The molecular weight excluding hydrogens is 357 g/mol. The van der Waals surface area contributed by atoms with Crippen LogP contribution in [0.3, 0.4) is 0 Å². The molecule has 0 aliphatic heterocycles. The standard InChI is InChI=1S/C14H14INOS/c1-9-3-5-11(6-4-9)10(2)16-14(17)12-7-13(15)18-8-12/h3-8,10H,1-2H3,(H,16,17). The molecule has 0 aliphatic carbocycles. The highest BCUT2D eigenvalue weighted by atomic mass is 127. The Hall–Kier alpha value is -0.880. The third-order valence-corrected chi connectivity index (χ3v) is 4.54. The van der Waals surface area contributed by atoms with E-state index >= 15 is 0 Å². The van der Waals surface area contributed by atoms with Crippen molar-refractivity contribution in [1.29, 1.82) is 0 Å². The fraction of sp³-hybridized carbons (Fsp3) is 0.214. The number of carbonyl (C=O) groups excluding carboxylic acids is 1. The Morgan fingerprint density at radius 2 is 2.00 bits per heavy atom. The maximum Gasteiger partial charge on any atom is 0.252 e. The van der Waals surface area contributed by atoms with Gasteiger partial charge in [0.2, 0.25) is 0 Å². The highest BCUT2D eigenvalue weighted by Gasteiger charge is 2.12. The first kappa shape index (κ1) is 13.5. The van der Waals surface area contributed by atoms with Crippen molar-refractivity contribution in [3.05, 3.63) is 55.3 Å². The van der Waals surface area contributed by atoms with E-state index in [-0.39, 0.29) is 11.9 Å². The predicted molar refractivity (Wildman–Crippen MR) is 84.1 cm³/mol. The Bertz CT molecular complexity index is 547. The van der Waals surface area contributed by atoms with Gasteiger partial charge in [0.15, 0.2) is 0 Å². The lowest BCUT2D eigenvalue weighted by molar-refractivity contribution is 0.0940. The van der Waals surface area contributed by atoms with Crippen molar-refractivity contribution < 1.29 is 4.79 Å². The predicted octanol–water partition coefficient (Wildman–Crippen LogP) is 4.15. The highest BCUT2D eigenvalue weighted by molar-refractivity contribution is 14.1. The van der Waals surface area contributed by atoms with Crippen LogP contribution in [0.5, 0.6) is 0 Å². The van der Waals surface area contributed by atoms with Gasteiger partial charge in [0, 0.05) is 5.38 Å². The zero-order valence-electron chi connectivity index (χ0n) is 10.2. The molecular formula is C14H14INOS. The number of thiophene rings is 1. The number of amides is 1. The molecule has 18 heavy (non-hydrogen) atoms. The number of benzene rings is 1. The van der Waals surface area contributed by atoms with Crippen LogP contribution >= 0.6 is 33.9 Å². The first-order chi connectivity index (χ1) is 8.56. The van der Waals surface area contributed by atoms with E-state index < -0.39 is 0 Å². The van der Waals surface area contributed by atoms with Crippen molar-refractivity contribution >= 4 is 39.8 Å². The smallest absolute Gasteiger partial charge is 0.252 e. The van der Waals surface area contributed by atoms with Crippen molar-refractivity contribution in [2.24, 2.45) is 0 Å². The Kier molecular flexibility index (Phi) is 4.40. The van der Waals surface area contributed by atoms with Crippen LogP contribution in [0, 0.1) is 9.81 Å². The quantitative estimate of drug-likeness (QED) is 0.807. The molecule has 0 spiro atoms. The van der Waals surface area contributed by atoms with E-state index in [4.69, 9.17) is 0 Å². The molecule has 0 aliphatic rings. The van der Waals surface area contributed by atoms with Crippen LogP contribution in [-0.4, -0.2) is 5.91 Å². The van der Waals surface area contributed by atoms with Gasteiger partial charge in [-0.3, -0.25) is 4.79 Å². The van der Waals surface area contributed by atoms with Gasteiger partial charge in [-0.25, -0.2) is 0 Å². The van der Waals surface area contributed by atoms with Gasteiger partial charge in [-0.15, -0.1) is 11.3 Å². The Morgan fingerprint density at radius 1 is 1.33 bits per heavy atom. The Morgan fingerprint density at radius 3 is 2.56 bits per heavy atom. The number of rotatable bonds is 3. The average Bonchev–Trinajstić information content (AvgIpc) is 2.76. The molecule has 0 saturated heterocycles. The number of hydrogen-bond acceptors (Lipinski definition) is 2. The molecule has 1 amide bonds. The molecule has 4 heteroatoms. The van der Waals surface area contributed by atoms with Crippen molar-refractivity contribution in [3.63, 3.8) is 0 Å². The summed E-state index contributed by atoms with van der Waals surface area (Å²) in [6.45, 7) is 4.06. The van der Waals surface area contributed by atoms with Gasteiger partial charge in [-0.1, -0.05) is 29.8 Å². The van der Waals surface area contributed by atoms with Crippen LogP contribution in [-0.2, 0) is 0 Å². The van der Waals surface area contributed by atoms with Crippen LogP contribution in [0.1, 0.15) is 34.5 Å². The van der Waals surface area contributed by atoms with Crippen molar-refractivity contribution in [2.45, 2.75) is 19.9 Å². The van der Waals surface area contributed by atoms with Gasteiger partial charge in [0.25, 0.3) is 5.91 Å². The number of nitrogens with one attached hydrogen (secondary N) is 1. The van der Waals surface area contributed by atoms with E-state index in [1.54, 1.807) is 11.3 Å². The van der Waals surface area contributed by atoms with Crippen LogP contribution in [0.25, 0.3) is 0 Å². The Labute approximate surface area is 125 Å². The molecule has 0 radical (unpaired) electrons. The summed E-state index contributed by atoms with van der Waals surface area (Å²) in [5, 5.41) is 4.90. The number of hydrogen-bond donors (Lipinski definition) is 1. The Balaban J connectivity index is 2.05. The van der Waals surface area contributed by atoms with Gasteiger partial charge in [0.05, 0.1) is 14.5 Å². The summed E-state index contributed by atoms with van der Waals surface area (Å²) in [5.74, 6) is -0.0118. The molecule has 2 aromatic rings. The monoisotopic (exact) mass is 371 g/mol. The van der Waals surface area contributed by atoms with E-state index in [2.05, 4.69) is 59.1 Å². The lowest BCUT2D eigenvalue weighted by Gasteiger charge is -2.14. The summed E-state index contributed by atoms with van der Waals surface area (Å²) in [5.41, 5.74) is 3.09. The lowest BCUT2D eigenvalue weighted by Crippen LogP contribution is -2.26. The zero-order chi connectivity index (χ0) is 13.1. The molecule has 1 heterocycles. The van der Waals surface area contributed by atoms with E-state index in [0.29, 0.717) is 0 Å². The van der Waals surface area contributed by atoms with Crippen LogP contribution in [0.15, 0.2) is 35.7 Å². The topological polar surface area (TPSA) is 29.1 Å². The van der Waals surface area contributed by atoms with Crippen LogP contribution < -0.4 is 5.32 Å². The first-order valence-corrected chi connectivity index (χ1v) is 7.63. The molecule has 1 N–H and O–H groups in total. The van der Waals surface area contributed by atoms with Gasteiger partial charge in [0.1, 0.15) is 0 Å².